The summed E-state index contributed by atoms with van der Waals surface area (Å²) in [6.07, 6.45) is 0. The fourth-order valence-corrected chi connectivity index (χ4v) is 7.31. The van der Waals surface area contributed by atoms with Crippen molar-refractivity contribution in [3.05, 3.63) is 188 Å². The number of aromatic nitrogens is 5. The molecule has 0 amide bonds. The normalized spacial score (nSPS) is 11.4. The molecule has 10 rings (SSSR count). The number of para-hydroxylation sites is 3. The Morgan fingerprint density at radius 3 is 1.38 bits per heavy atom. The summed E-state index contributed by atoms with van der Waals surface area (Å²) < 4.78 is 2.35. The molecular formula is C48H31N5. The molecule has 3 heterocycles. The van der Waals surface area contributed by atoms with Crippen LogP contribution < -0.4 is 0 Å². The molecule has 3 aromatic heterocycles. The van der Waals surface area contributed by atoms with Crippen LogP contribution in [0.1, 0.15) is 0 Å². The highest BCUT2D eigenvalue weighted by Gasteiger charge is 2.21. The maximum atomic E-state index is 5.33. The van der Waals surface area contributed by atoms with E-state index in [2.05, 4.69) is 156 Å². The van der Waals surface area contributed by atoms with Crippen LogP contribution in [0.25, 0.3) is 94.9 Å². The molecular weight excluding hydrogens is 647 g/mol. The third kappa shape index (κ3) is 5.43. The van der Waals surface area contributed by atoms with Gasteiger partial charge in [0, 0.05) is 44.1 Å². The Labute approximate surface area is 306 Å². The topological polar surface area (TPSA) is 56.5 Å². The third-order valence-corrected chi connectivity index (χ3v) is 9.85. The number of pyridine rings is 1. The molecule has 0 aliphatic heterocycles. The molecule has 0 saturated carbocycles. The lowest BCUT2D eigenvalue weighted by atomic mass is 10.0. The SMILES string of the molecule is c1ccc(-c2ccc(-c3nc(-c4ccccc4)nc(-c4ccc(-c5nc6ccccc6c6c7ccccc7n(-c7ccccc7)c56)cc4)n3)cc2)cc1. The zero-order chi connectivity index (χ0) is 35.1. The van der Waals surface area contributed by atoms with Crippen molar-refractivity contribution in [2.24, 2.45) is 0 Å². The van der Waals surface area contributed by atoms with E-state index >= 15 is 0 Å². The molecule has 0 aliphatic rings. The van der Waals surface area contributed by atoms with E-state index in [1.54, 1.807) is 0 Å². The quantitative estimate of drug-likeness (QED) is 0.176. The van der Waals surface area contributed by atoms with Gasteiger partial charge in [0.2, 0.25) is 0 Å². The number of hydrogen-bond donors (Lipinski definition) is 0. The Kier molecular flexibility index (Phi) is 7.40. The lowest BCUT2D eigenvalue weighted by Gasteiger charge is -2.13. The van der Waals surface area contributed by atoms with Gasteiger partial charge in [0.05, 0.1) is 22.2 Å². The standard InChI is InChI=1S/C48H31N5/c1-4-14-32(15-5-1)33-24-28-36(29-25-33)47-50-46(35-16-6-2-7-17-35)51-48(52-47)37-30-26-34(27-31-37)44-45-43(39-20-10-12-22-41(39)49-44)40-21-11-13-23-42(40)53(45)38-18-8-3-9-19-38/h1-31H. The molecule has 0 fully saturated rings. The Balaban J connectivity index is 1.13. The van der Waals surface area contributed by atoms with Crippen LogP contribution in [0, 0.1) is 0 Å². The fourth-order valence-electron chi connectivity index (χ4n) is 7.31. The molecule has 0 atom stereocenters. The maximum Gasteiger partial charge on any atom is 0.164 e. The summed E-state index contributed by atoms with van der Waals surface area (Å²) in [5, 5.41) is 3.53. The first kappa shape index (κ1) is 30.6. The Hall–Kier alpha value is -7.24. The summed E-state index contributed by atoms with van der Waals surface area (Å²) in [4.78, 5) is 20.3. The van der Waals surface area contributed by atoms with Crippen LogP contribution in [-0.4, -0.2) is 24.5 Å². The minimum atomic E-state index is 0.613. The highest BCUT2D eigenvalue weighted by molar-refractivity contribution is 6.23. The van der Waals surface area contributed by atoms with Crippen molar-refractivity contribution in [1.82, 2.24) is 24.5 Å². The van der Waals surface area contributed by atoms with Gasteiger partial charge in [-0.15, -0.1) is 0 Å². The third-order valence-electron chi connectivity index (χ3n) is 9.85. The molecule has 5 nitrogen and oxygen atoms in total. The minimum Gasteiger partial charge on any atom is -0.307 e. The van der Waals surface area contributed by atoms with Crippen molar-refractivity contribution in [3.8, 4) is 62.2 Å². The number of nitrogens with zero attached hydrogens (tertiary/aromatic N) is 5. The van der Waals surface area contributed by atoms with Crippen molar-refractivity contribution >= 4 is 32.7 Å². The van der Waals surface area contributed by atoms with Gasteiger partial charge in [-0.3, -0.25) is 0 Å². The summed E-state index contributed by atoms with van der Waals surface area (Å²) in [5.41, 5.74) is 11.3. The van der Waals surface area contributed by atoms with Gasteiger partial charge in [0.15, 0.2) is 17.5 Å². The second-order valence-electron chi connectivity index (χ2n) is 13.1. The molecule has 0 aliphatic carbocycles. The second kappa shape index (κ2) is 12.8. The van der Waals surface area contributed by atoms with Crippen molar-refractivity contribution in [1.29, 1.82) is 0 Å². The highest BCUT2D eigenvalue weighted by atomic mass is 15.0. The van der Waals surface area contributed by atoms with Gasteiger partial charge in [0.1, 0.15) is 0 Å². The largest absolute Gasteiger partial charge is 0.307 e. The van der Waals surface area contributed by atoms with Gasteiger partial charge in [-0.05, 0) is 35.4 Å². The summed E-state index contributed by atoms with van der Waals surface area (Å²) in [7, 11) is 0. The van der Waals surface area contributed by atoms with E-state index in [0.717, 1.165) is 61.1 Å². The summed E-state index contributed by atoms with van der Waals surface area (Å²) in [5.74, 6) is 1.87. The zero-order valence-electron chi connectivity index (χ0n) is 28.6. The van der Waals surface area contributed by atoms with E-state index in [9.17, 15) is 0 Å². The average molecular weight is 678 g/mol. The van der Waals surface area contributed by atoms with Gasteiger partial charge in [-0.1, -0.05) is 164 Å². The van der Waals surface area contributed by atoms with E-state index in [1.165, 1.54) is 16.3 Å². The number of fused-ring (bicyclic) bond motifs is 5. The molecule has 7 aromatic carbocycles. The van der Waals surface area contributed by atoms with Gasteiger partial charge in [-0.2, -0.15) is 0 Å². The van der Waals surface area contributed by atoms with Crippen molar-refractivity contribution in [2.45, 2.75) is 0 Å². The summed E-state index contributed by atoms with van der Waals surface area (Å²) in [6, 6.07) is 65.0. The zero-order valence-corrected chi connectivity index (χ0v) is 28.6. The maximum absolute atomic E-state index is 5.33. The van der Waals surface area contributed by atoms with Gasteiger partial charge in [-0.25, -0.2) is 19.9 Å². The molecule has 0 unspecified atom stereocenters. The smallest absolute Gasteiger partial charge is 0.164 e. The molecule has 5 heteroatoms. The van der Waals surface area contributed by atoms with Crippen LogP contribution in [0.15, 0.2) is 188 Å². The van der Waals surface area contributed by atoms with Crippen LogP contribution >= 0.6 is 0 Å². The highest BCUT2D eigenvalue weighted by Crippen LogP contribution is 2.41. The van der Waals surface area contributed by atoms with E-state index in [0.29, 0.717) is 17.5 Å². The van der Waals surface area contributed by atoms with Gasteiger partial charge >= 0.3 is 0 Å². The second-order valence-corrected chi connectivity index (χ2v) is 13.1. The average Bonchev–Trinajstić information content (AvgIpc) is 3.60. The van der Waals surface area contributed by atoms with E-state index < -0.39 is 0 Å². The summed E-state index contributed by atoms with van der Waals surface area (Å²) >= 11 is 0. The Morgan fingerprint density at radius 1 is 0.321 bits per heavy atom. The lowest BCUT2D eigenvalue weighted by Crippen LogP contribution is -2.00. The Morgan fingerprint density at radius 2 is 0.755 bits per heavy atom. The predicted octanol–water partition coefficient (Wildman–Crippen LogP) is 11.9. The number of rotatable bonds is 6. The molecule has 0 radical (unpaired) electrons. The first-order valence-corrected chi connectivity index (χ1v) is 17.7. The molecule has 0 bridgehead atoms. The Bertz CT molecular complexity index is 2900. The van der Waals surface area contributed by atoms with Crippen LogP contribution in [-0.2, 0) is 0 Å². The van der Waals surface area contributed by atoms with E-state index in [-0.39, 0.29) is 0 Å². The molecule has 53 heavy (non-hydrogen) atoms. The van der Waals surface area contributed by atoms with Crippen LogP contribution in [0.3, 0.4) is 0 Å². The van der Waals surface area contributed by atoms with E-state index in [1.807, 2.05) is 36.4 Å². The lowest BCUT2D eigenvalue weighted by molar-refractivity contribution is 1.07. The van der Waals surface area contributed by atoms with Crippen molar-refractivity contribution in [3.63, 3.8) is 0 Å². The molecule has 248 valence electrons. The molecule has 10 aromatic rings. The van der Waals surface area contributed by atoms with Gasteiger partial charge < -0.3 is 4.57 Å². The van der Waals surface area contributed by atoms with Crippen LogP contribution in [0.5, 0.6) is 0 Å². The van der Waals surface area contributed by atoms with Crippen molar-refractivity contribution in [2.75, 3.05) is 0 Å². The number of benzene rings is 7. The van der Waals surface area contributed by atoms with Crippen LogP contribution in [0.4, 0.5) is 0 Å². The summed E-state index contributed by atoms with van der Waals surface area (Å²) in [6.45, 7) is 0. The van der Waals surface area contributed by atoms with E-state index in [4.69, 9.17) is 19.9 Å². The predicted molar refractivity (Wildman–Crippen MR) is 217 cm³/mol. The first-order valence-electron chi connectivity index (χ1n) is 17.7. The van der Waals surface area contributed by atoms with Gasteiger partial charge in [0.25, 0.3) is 0 Å². The van der Waals surface area contributed by atoms with Crippen molar-refractivity contribution < 1.29 is 0 Å². The monoisotopic (exact) mass is 677 g/mol. The minimum absolute atomic E-state index is 0.613. The molecule has 0 N–H and O–H groups in total. The fraction of sp³-hybridized carbons (Fsp3) is 0. The molecule has 0 saturated heterocycles. The number of hydrogen-bond acceptors (Lipinski definition) is 4. The molecule has 0 spiro atoms. The first-order chi connectivity index (χ1) is 26.3. The van der Waals surface area contributed by atoms with Crippen LogP contribution in [0.2, 0.25) is 0 Å².